The number of fused-ring (bicyclic) bond motifs is 1. The largest absolute Gasteiger partial charge is 0.283 e. The lowest BCUT2D eigenvalue weighted by Gasteiger charge is -2.15. The normalized spacial score (nSPS) is 12.0. The maximum Gasteiger partial charge on any atom is 0.183 e. The minimum absolute atomic E-state index is 0.164. The van der Waals surface area contributed by atoms with Gasteiger partial charge in [0, 0.05) is 11.6 Å². The number of aromatic nitrogens is 2. The van der Waals surface area contributed by atoms with Gasteiger partial charge in [-0.1, -0.05) is 39.0 Å². The summed E-state index contributed by atoms with van der Waals surface area (Å²) < 4.78 is 1.95. The number of aryl methyl sites for hydroxylation is 1. The Hall–Kier alpha value is -3.00. The van der Waals surface area contributed by atoms with Gasteiger partial charge < -0.3 is 0 Å². The van der Waals surface area contributed by atoms with Crippen LogP contribution in [0.1, 0.15) is 37.6 Å². The molecular weight excluding hydrogens is 298 g/mol. The summed E-state index contributed by atoms with van der Waals surface area (Å²) in [6, 6.07) is 13.3. The summed E-state index contributed by atoms with van der Waals surface area (Å²) in [5.41, 5.74) is 3.74. The van der Waals surface area contributed by atoms with E-state index in [2.05, 4.69) is 37.1 Å². The molecule has 0 atom stereocenters. The van der Waals surface area contributed by atoms with Crippen LogP contribution < -0.4 is 0 Å². The molecule has 0 fully saturated rings. The zero-order valence-electron chi connectivity index (χ0n) is 14.3. The highest BCUT2D eigenvalue weighted by Crippen LogP contribution is 2.33. The Kier molecular flexibility index (Phi) is 3.90. The Morgan fingerprint density at radius 1 is 1.08 bits per heavy atom. The zero-order valence-corrected chi connectivity index (χ0v) is 14.3. The number of azo groups is 1. The summed E-state index contributed by atoms with van der Waals surface area (Å²) >= 11 is 0. The molecular formula is C19H19N5. The van der Waals surface area contributed by atoms with Crippen molar-refractivity contribution in [1.29, 1.82) is 5.26 Å². The summed E-state index contributed by atoms with van der Waals surface area (Å²) in [6.45, 7) is 8.33. The Labute approximate surface area is 141 Å². The highest BCUT2D eigenvalue weighted by Gasteiger charge is 2.24. The van der Waals surface area contributed by atoms with Gasteiger partial charge in [-0.3, -0.25) is 4.40 Å². The van der Waals surface area contributed by atoms with Crippen LogP contribution in [-0.2, 0) is 5.41 Å². The SMILES string of the molecule is Cc1ccc2nc(C(C)(C)C)c(N=Nc3ccccc3C#N)n2c1. The van der Waals surface area contributed by atoms with Crippen LogP contribution in [0.4, 0.5) is 11.5 Å². The van der Waals surface area contributed by atoms with E-state index in [0.717, 1.165) is 16.9 Å². The van der Waals surface area contributed by atoms with E-state index in [1.54, 1.807) is 12.1 Å². The molecule has 0 aliphatic carbocycles. The molecule has 120 valence electrons. The molecule has 0 aliphatic rings. The second kappa shape index (κ2) is 5.89. The third kappa shape index (κ3) is 2.91. The van der Waals surface area contributed by atoms with Crippen molar-refractivity contribution in [2.75, 3.05) is 0 Å². The predicted octanol–water partition coefficient (Wildman–Crippen LogP) is 5.23. The molecule has 0 bridgehead atoms. The molecule has 2 heterocycles. The first kappa shape index (κ1) is 15.9. The van der Waals surface area contributed by atoms with Crippen molar-refractivity contribution in [3.05, 3.63) is 59.4 Å². The highest BCUT2D eigenvalue weighted by molar-refractivity contribution is 5.56. The average molecular weight is 317 g/mol. The van der Waals surface area contributed by atoms with Crippen LogP contribution in [0.3, 0.4) is 0 Å². The molecule has 0 radical (unpaired) electrons. The van der Waals surface area contributed by atoms with Crippen LogP contribution in [-0.4, -0.2) is 9.38 Å². The maximum atomic E-state index is 9.20. The average Bonchev–Trinajstić information content (AvgIpc) is 2.91. The van der Waals surface area contributed by atoms with Gasteiger partial charge >= 0.3 is 0 Å². The summed E-state index contributed by atoms with van der Waals surface area (Å²) in [4.78, 5) is 4.72. The van der Waals surface area contributed by atoms with Crippen molar-refractivity contribution in [2.45, 2.75) is 33.1 Å². The molecule has 5 heteroatoms. The number of rotatable bonds is 2. The van der Waals surface area contributed by atoms with Gasteiger partial charge in [-0.2, -0.15) is 5.26 Å². The number of pyridine rings is 1. The van der Waals surface area contributed by atoms with Gasteiger partial charge in [-0.05, 0) is 30.7 Å². The number of nitrogens with zero attached hydrogens (tertiary/aromatic N) is 5. The second-order valence-corrected chi connectivity index (χ2v) is 6.80. The number of hydrogen-bond acceptors (Lipinski definition) is 4. The molecule has 2 aromatic heterocycles. The van der Waals surface area contributed by atoms with Crippen molar-refractivity contribution >= 4 is 17.2 Å². The molecule has 0 amide bonds. The molecule has 0 spiro atoms. The van der Waals surface area contributed by atoms with Crippen LogP contribution in [0.5, 0.6) is 0 Å². The van der Waals surface area contributed by atoms with Crippen molar-refractivity contribution in [3.8, 4) is 6.07 Å². The summed E-state index contributed by atoms with van der Waals surface area (Å²) in [5.74, 6) is 0.703. The number of benzene rings is 1. The minimum atomic E-state index is -0.164. The second-order valence-electron chi connectivity index (χ2n) is 6.80. The van der Waals surface area contributed by atoms with Crippen LogP contribution in [0, 0.1) is 18.3 Å². The van der Waals surface area contributed by atoms with E-state index >= 15 is 0 Å². The molecule has 1 aromatic carbocycles. The number of nitriles is 1. The maximum absolute atomic E-state index is 9.20. The first-order chi connectivity index (χ1) is 11.4. The van der Waals surface area contributed by atoms with Gasteiger partial charge in [-0.25, -0.2) is 4.98 Å². The Morgan fingerprint density at radius 3 is 2.54 bits per heavy atom. The predicted molar refractivity (Wildman–Crippen MR) is 94.0 cm³/mol. The lowest BCUT2D eigenvalue weighted by Crippen LogP contribution is -2.11. The van der Waals surface area contributed by atoms with Crippen LogP contribution in [0.15, 0.2) is 52.8 Å². The third-order valence-corrected chi connectivity index (χ3v) is 3.73. The fraction of sp³-hybridized carbons (Fsp3) is 0.263. The van der Waals surface area contributed by atoms with Crippen LogP contribution in [0.2, 0.25) is 0 Å². The summed E-state index contributed by atoms with van der Waals surface area (Å²) in [5, 5.41) is 18.0. The highest BCUT2D eigenvalue weighted by atomic mass is 15.2. The summed E-state index contributed by atoms with van der Waals surface area (Å²) in [6.07, 6.45) is 2.00. The van der Waals surface area contributed by atoms with E-state index in [0.29, 0.717) is 17.1 Å². The van der Waals surface area contributed by atoms with Gasteiger partial charge in [0.2, 0.25) is 0 Å². The van der Waals surface area contributed by atoms with Crippen molar-refractivity contribution in [3.63, 3.8) is 0 Å². The van der Waals surface area contributed by atoms with E-state index in [1.807, 2.05) is 41.8 Å². The standard InChI is InChI=1S/C19H19N5/c1-13-9-10-16-21-17(19(2,3)4)18(24(16)12-13)23-22-15-8-6-5-7-14(15)11-20/h5-10,12H,1-4H3. The van der Waals surface area contributed by atoms with Gasteiger partial charge in [0.05, 0.1) is 11.3 Å². The number of hydrogen-bond donors (Lipinski definition) is 0. The first-order valence-electron chi connectivity index (χ1n) is 7.80. The topological polar surface area (TPSA) is 65.8 Å². The molecule has 0 saturated carbocycles. The van der Waals surface area contributed by atoms with Gasteiger partial charge in [-0.15, -0.1) is 10.2 Å². The van der Waals surface area contributed by atoms with Crippen LogP contribution >= 0.6 is 0 Å². The van der Waals surface area contributed by atoms with Crippen molar-refractivity contribution in [1.82, 2.24) is 9.38 Å². The van der Waals surface area contributed by atoms with Crippen molar-refractivity contribution < 1.29 is 0 Å². The van der Waals surface area contributed by atoms with E-state index in [9.17, 15) is 5.26 Å². The molecule has 3 aromatic rings. The Balaban J connectivity index is 2.19. The van der Waals surface area contributed by atoms with E-state index < -0.39 is 0 Å². The smallest absolute Gasteiger partial charge is 0.183 e. The molecule has 24 heavy (non-hydrogen) atoms. The molecule has 0 saturated heterocycles. The Bertz CT molecular complexity index is 968. The lowest BCUT2D eigenvalue weighted by molar-refractivity contribution is 0.574. The first-order valence-corrected chi connectivity index (χ1v) is 7.80. The Morgan fingerprint density at radius 2 is 1.83 bits per heavy atom. The van der Waals surface area contributed by atoms with E-state index in [-0.39, 0.29) is 5.41 Å². The fourth-order valence-corrected chi connectivity index (χ4v) is 2.49. The van der Waals surface area contributed by atoms with Gasteiger partial charge in [0.1, 0.15) is 17.4 Å². The molecule has 0 unspecified atom stereocenters. The lowest BCUT2D eigenvalue weighted by atomic mass is 9.92. The molecule has 0 aliphatic heterocycles. The van der Waals surface area contributed by atoms with Gasteiger partial charge in [0.25, 0.3) is 0 Å². The number of imidazole rings is 1. The summed E-state index contributed by atoms with van der Waals surface area (Å²) in [7, 11) is 0. The van der Waals surface area contributed by atoms with Crippen LogP contribution in [0.25, 0.3) is 5.65 Å². The molecule has 5 nitrogen and oxygen atoms in total. The van der Waals surface area contributed by atoms with E-state index in [4.69, 9.17) is 4.98 Å². The monoisotopic (exact) mass is 317 g/mol. The quantitative estimate of drug-likeness (QED) is 0.607. The minimum Gasteiger partial charge on any atom is -0.283 e. The van der Waals surface area contributed by atoms with E-state index in [1.165, 1.54) is 0 Å². The van der Waals surface area contributed by atoms with Crippen molar-refractivity contribution in [2.24, 2.45) is 10.2 Å². The third-order valence-electron chi connectivity index (χ3n) is 3.73. The molecule has 3 rings (SSSR count). The fourth-order valence-electron chi connectivity index (χ4n) is 2.49. The van der Waals surface area contributed by atoms with Gasteiger partial charge in [0.15, 0.2) is 5.82 Å². The zero-order chi connectivity index (χ0) is 17.3. The molecule has 0 N–H and O–H groups in total.